The van der Waals surface area contributed by atoms with Crippen LogP contribution in [-0.4, -0.2) is 11.6 Å². The molecule has 0 radical (unpaired) electrons. The van der Waals surface area contributed by atoms with Gasteiger partial charge in [0.2, 0.25) is 0 Å². The average molecular weight is 268 g/mol. The fourth-order valence-corrected chi connectivity index (χ4v) is 3.00. The third kappa shape index (κ3) is 3.31. The van der Waals surface area contributed by atoms with E-state index in [-0.39, 0.29) is 0 Å². The molecule has 20 heavy (non-hydrogen) atoms. The van der Waals surface area contributed by atoms with Crippen molar-refractivity contribution < 1.29 is 0 Å². The third-order valence-corrected chi connectivity index (χ3v) is 4.26. The molecule has 1 saturated carbocycles. The predicted molar refractivity (Wildman–Crippen MR) is 83.7 cm³/mol. The molecule has 1 unspecified atom stereocenters. The van der Waals surface area contributed by atoms with Gasteiger partial charge in [-0.2, -0.15) is 0 Å². The zero-order valence-corrected chi connectivity index (χ0v) is 12.3. The average Bonchev–Trinajstić information content (AvgIpc) is 3.21. The lowest BCUT2D eigenvalue weighted by atomic mass is 10.1. The Morgan fingerprint density at radius 1 is 1.20 bits per heavy atom. The Bertz CT molecular complexity index is 525. The second-order valence-corrected chi connectivity index (χ2v) is 5.88. The Hall–Kier alpha value is -1.54. The van der Waals surface area contributed by atoms with Crippen LogP contribution in [0.5, 0.6) is 0 Å². The minimum absolute atomic E-state index is 0.561. The van der Waals surface area contributed by atoms with Gasteiger partial charge in [0.1, 0.15) is 0 Å². The molecule has 0 amide bonds. The number of rotatable bonds is 7. The first-order valence-corrected chi connectivity index (χ1v) is 7.73. The highest BCUT2D eigenvalue weighted by Crippen LogP contribution is 2.40. The fraction of sp³-hybridized carbons (Fsp3) is 0.444. The lowest BCUT2D eigenvalue weighted by molar-refractivity contribution is 0.526. The molecule has 0 aliphatic heterocycles. The molecule has 1 aliphatic carbocycles. The molecule has 1 heterocycles. The summed E-state index contributed by atoms with van der Waals surface area (Å²) in [5.41, 5.74) is 2.89. The van der Waals surface area contributed by atoms with E-state index in [9.17, 15) is 0 Å². The van der Waals surface area contributed by atoms with Gasteiger partial charge in [0, 0.05) is 25.0 Å². The Kier molecular flexibility index (Phi) is 4.22. The van der Waals surface area contributed by atoms with E-state index in [1.807, 2.05) is 0 Å². The summed E-state index contributed by atoms with van der Waals surface area (Å²) in [5, 5.41) is 3.46. The molecule has 2 aromatic rings. The van der Waals surface area contributed by atoms with Gasteiger partial charge in [-0.3, -0.25) is 0 Å². The molecule has 106 valence electrons. The van der Waals surface area contributed by atoms with Crippen molar-refractivity contribution in [2.45, 2.75) is 38.3 Å². The van der Waals surface area contributed by atoms with Gasteiger partial charge in [0.15, 0.2) is 0 Å². The van der Waals surface area contributed by atoms with E-state index in [4.69, 9.17) is 0 Å². The number of hydrogen-bond donors (Lipinski definition) is 1. The number of aromatic nitrogens is 1. The van der Waals surface area contributed by atoms with Crippen LogP contribution in [0.25, 0.3) is 0 Å². The Morgan fingerprint density at radius 3 is 2.70 bits per heavy atom. The monoisotopic (exact) mass is 268 g/mol. The van der Waals surface area contributed by atoms with Crippen LogP contribution in [0.4, 0.5) is 0 Å². The van der Waals surface area contributed by atoms with E-state index in [1.54, 1.807) is 0 Å². The number of benzene rings is 1. The van der Waals surface area contributed by atoms with Crippen LogP contribution in [0.2, 0.25) is 0 Å². The molecule has 2 nitrogen and oxygen atoms in total. The molecule has 1 atom stereocenters. The second-order valence-electron chi connectivity index (χ2n) is 5.88. The number of hydrogen-bond acceptors (Lipinski definition) is 1. The van der Waals surface area contributed by atoms with Gasteiger partial charge < -0.3 is 9.88 Å². The summed E-state index contributed by atoms with van der Waals surface area (Å²) in [6, 6.07) is 13.6. The first-order chi connectivity index (χ1) is 9.86. The van der Waals surface area contributed by atoms with Crippen LogP contribution in [-0.2, 0) is 13.0 Å². The van der Waals surface area contributed by atoms with Crippen LogP contribution in [0, 0.1) is 5.92 Å². The predicted octanol–water partition coefficient (Wildman–Crippen LogP) is 3.79. The highest BCUT2D eigenvalue weighted by molar-refractivity contribution is 5.18. The lowest BCUT2D eigenvalue weighted by Crippen LogP contribution is -2.17. The van der Waals surface area contributed by atoms with Crippen molar-refractivity contribution in [1.82, 2.24) is 9.88 Å². The SMILES string of the molecule is CNC(c1ccn(CCCc2ccccc2)c1)C1CC1. The highest BCUT2D eigenvalue weighted by Gasteiger charge is 2.31. The zero-order chi connectivity index (χ0) is 13.8. The third-order valence-electron chi connectivity index (χ3n) is 4.26. The molecule has 1 N–H and O–H groups in total. The Balaban J connectivity index is 1.52. The molecule has 0 bridgehead atoms. The standard InChI is InChI=1S/C18H24N2/c1-19-18(16-9-10-16)17-11-13-20(14-17)12-5-8-15-6-3-2-4-7-15/h2-4,6-7,11,13-14,16,18-19H,5,8-10,12H2,1H3. The zero-order valence-electron chi connectivity index (χ0n) is 12.3. The topological polar surface area (TPSA) is 17.0 Å². The number of nitrogens with one attached hydrogen (secondary N) is 1. The van der Waals surface area contributed by atoms with Crippen molar-refractivity contribution in [2.24, 2.45) is 5.92 Å². The second kappa shape index (κ2) is 6.27. The molecular weight excluding hydrogens is 244 g/mol. The number of nitrogens with zero attached hydrogens (tertiary/aromatic N) is 1. The van der Waals surface area contributed by atoms with Crippen LogP contribution in [0.1, 0.15) is 36.4 Å². The van der Waals surface area contributed by atoms with Crippen LogP contribution in [0.3, 0.4) is 0 Å². The van der Waals surface area contributed by atoms with E-state index < -0.39 is 0 Å². The summed E-state index contributed by atoms with van der Waals surface area (Å²) in [7, 11) is 2.08. The summed E-state index contributed by atoms with van der Waals surface area (Å²) in [4.78, 5) is 0. The quantitative estimate of drug-likeness (QED) is 0.808. The molecule has 0 saturated heterocycles. The minimum atomic E-state index is 0.561. The van der Waals surface area contributed by atoms with Crippen molar-refractivity contribution in [3.05, 3.63) is 59.9 Å². The van der Waals surface area contributed by atoms with E-state index in [2.05, 4.69) is 65.7 Å². The van der Waals surface area contributed by atoms with Crippen LogP contribution < -0.4 is 5.32 Å². The van der Waals surface area contributed by atoms with Crippen molar-refractivity contribution in [2.75, 3.05) is 7.05 Å². The van der Waals surface area contributed by atoms with Crippen molar-refractivity contribution in [1.29, 1.82) is 0 Å². The van der Waals surface area contributed by atoms with Gasteiger partial charge in [0.05, 0.1) is 0 Å². The maximum absolute atomic E-state index is 3.46. The molecule has 1 aromatic heterocycles. The van der Waals surface area contributed by atoms with Crippen molar-refractivity contribution in [3.8, 4) is 0 Å². The Labute approximate surface area is 121 Å². The summed E-state index contributed by atoms with van der Waals surface area (Å²) >= 11 is 0. The van der Waals surface area contributed by atoms with Crippen molar-refractivity contribution in [3.63, 3.8) is 0 Å². The summed E-state index contributed by atoms with van der Waals surface area (Å²) in [6.45, 7) is 1.11. The smallest absolute Gasteiger partial charge is 0.0361 e. The lowest BCUT2D eigenvalue weighted by Gasteiger charge is -2.13. The first-order valence-electron chi connectivity index (χ1n) is 7.73. The summed E-state index contributed by atoms with van der Waals surface area (Å²) < 4.78 is 2.34. The molecule has 0 spiro atoms. The highest BCUT2D eigenvalue weighted by atomic mass is 15.0. The van der Waals surface area contributed by atoms with Gasteiger partial charge in [-0.05, 0) is 55.8 Å². The van der Waals surface area contributed by atoms with Gasteiger partial charge in [-0.25, -0.2) is 0 Å². The molecule has 2 heteroatoms. The molecule has 1 aromatic carbocycles. The largest absolute Gasteiger partial charge is 0.354 e. The van der Waals surface area contributed by atoms with E-state index in [0.29, 0.717) is 6.04 Å². The van der Waals surface area contributed by atoms with E-state index >= 15 is 0 Å². The van der Waals surface area contributed by atoms with Gasteiger partial charge in [-0.15, -0.1) is 0 Å². The Morgan fingerprint density at radius 2 is 2.00 bits per heavy atom. The maximum Gasteiger partial charge on any atom is 0.0361 e. The molecule has 3 rings (SSSR count). The molecule has 1 aliphatic rings. The maximum atomic E-state index is 3.46. The minimum Gasteiger partial charge on any atom is -0.354 e. The molecular formula is C18H24N2. The van der Waals surface area contributed by atoms with Crippen LogP contribution in [0.15, 0.2) is 48.8 Å². The van der Waals surface area contributed by atoms with Gasteiger partial charge in [-0.1, -0.05) is 30.3 Å². The summed E-state index contributed by atoms with van der Waals surface area (Å²) in [5.74, 6) is 0.861. The van der Waals surface area contributed by atoms with Gasteiger partial charge in [0.25, 0.3) is 0 Å². The molecule has 1 fully saturated rings. The fourth-order valence-electron chi connectivity index (χ4n) is 3.00. The summed E-state index contributed by atoms with van der Waals surface area (Å²) in [6.07, 6.45) is 9.67. The number of aryl methyl sites for hydroxylation is 2. The van der Waals surface area contributed by atoms with Gasteiger partial charge >= 0.3 is 0 Å². The van der Waals surface area contributed by atoms with E-state index in [1.165, 1.54) is 30.4 Å². The normalized spacial score (nSPS) is 16.2. The van der Waals surface area contributed by atoms with Crippen molar-refractivity contribution >= 4 is 0 Å². The van der Waals surface area contributed by atoms with E-state index in [0.717, 1.165) is 18.9 Å². The van der Waals surface area contributed by atoms with Crippen LogP contribution >= 0.6 is 0 Å². The first kappa shape index (κ1) is 13.4.